The van der Waals surface area contributed by atoms with Crippen molar-refractivity contribution in [3.63, 3.8) is 0 Å². The van der Waals surface area contributed by atoms with Gasteiger partial charge in [-0.25, -0.2) is 0 Å². The molecular weight excluding hydrogens is 309 g/mol. The second-order valence-corrected chi connectivity index (χ2v) is 4.17. The molecule has 0 bridgehead atoms. The number of ether oxygens (including phenoxy) is 1. The molecule has 1 aromatic carbocycles. The Bertz CT molecular complexity index is 625. The lowest BCUT2D eigenvalue weighted by atomic mass is 10.3. The minimum atomic E-state index is -1.83. The molecule has 2 aromatic rings. The minimum absolute atomic E-state index is 0.0409. The number of pyridine rings is 1. The van der Waals surface area contributed by atoms with Crippen molar-refractivity contribution in [2.45, 2.75) is 0 Å². The van der Waals surface area contributed by atoms with Crippen LogP contribution >= 0.6 is 23.2 Å². The van der Waals surface area contributed by atoms with Crippen molar-refractivity contribution < 1.29 is 22.3 Å². The molecule has 2 nitrogen and oxygen atoms in total. The maximum atomic E-state index is 13.3. The van der Waals surface area contributed by atoms with Gasteiger partial charge in [0.25, 0.3) is 11.9 Å². The normalized spacial score (nSPS) is 10.6. The molecule has 2 rings (SSSR count). The number of rotatable bonds is 2. The quantitative estimate of drug-likeness (QED) is 0.590. The summed E-state index contributed by atoms with van der Waals surface area (Å²) in [6, 6.07) is 3.83. The van der Waals surface area contributed by atoms with Crippen LogP contribution in [0.5, 0.6) is 11.5 Å². The van der Waals surface area contributed by atoms with E-state index in [4.69, 9.17) is 27.9 Å². The van der Waals surface area contributed by atoms with Gasteiger partial charge in [-0.15, -0.1) is 0 Å². The first kappa shape index (κ1) is 13.9. The van der Waals surface area contributed by atoms with E-state index in [1.54, 1.807) is 0 Å². The van der Waals surface area contributed by atoms with Gasteiger partial charge in [-0.05, 0) is 12.1 Å². The highest BCUT2D eigenvalue weighted by molar-refractivity contribution is 6.34. The summed E-state index contributed by atoms with van der Waals surface area (Å²) < 4.78 is 57.1. The Morgan fingerprint density at radius 3 is 2.11 bits per heavy atom. The fourth-order valence-electron chi connectivity index (χ4n) is 1.22. The van der Waals surface area contributed by atoms with Crippen molar-refractivity contribution in [3.8, 4) is 11.5 Å². The van der Waals surface area contributed by atoms with E-state index in [9.17, 15) is 17.6 Å². The molecule has 0 spiro atoms. The molecule has 0 unspecified atom stereocenters. The van der Waals surface area contributed by atoms with E-state index in [2.05, 4.69) is 4.98 Å². The Morgan fingerprint density at radius 1 is 0.947 bits per heavy atom. The molecule has 100 valence electrons. The van der Waals surface area contributed by atoms with Crippen LogP contribution in [0.2, 0.25) is 10.0 Å². The van der Waals surface area contributed by atoms with Crippen LogP contribution in [0.15, 0.2) is 18.2 Å². The average Bonchev–Trinajstić information content (AvgIpc) is 2.36. The number of benzene rings is 1. The molecule has 1 aromatic heterocycles. The van der Waals surface area contributed by atoms with E-state index >= 15 is 0 Å². The minimum Gasteiger partial charge on any atom is -0.449 e. The van der Waals surface area contributed by atoms with Gasteiger partial charge in [0.15, 0.2) is 0 Å². The highest BCUT2D eigenvalue weighted by Gasteiger charge is 2.23. The molecule has 0 saturated carbocycles. The molecule has 0 N–H and O–H groups in total. The Labute approximate surface area is 114 Å². The SMILES string of the molecule is Fc1nc(F)c(F)c(Oc2cc(Cl)ccc2Cl)c1F. The lowest BCUT2D eigenvalue weighted by Gasteiger charge is -2.10. The predicted molar refractivity (Wildman–Crippen MR) is 60.6 cm³/mol. The fourth-order valence-corrected chi connectivity index (χ4v) is 1.54. The van der Waals surface area contributed by atoms with Crippen molar-refractivity contribution in [1.82, 2.24) is 4.98 Å². The van der Waals surface area contributed by atoms with Crippen LogP contribution < -0.4 is 4.74 Å². The lowest BCUT2D eigenvalue weighted by molar-refractivity contribution is 0.343. The summed E-state index contributed by atoms with van der Waals surface area (Å²) >= 11 is 11.3. The highest BCUT2D eigenvalue weighted by Crippen LogP contribution is 2.35. The zero-order chi connectivity index (χ0) is 14.2. The third-order valence-electron chi connectivity index (χ3n) is 2.06. The highest BCUT2D eigenvalue weighted by atomic mass is 35.5. The van der Waals surface area contributed by atoms with Crippen LogP contribution in [0.25, 0.3) is 0 Å². The first-order valence-electron chi connectivity index (χ1n) is 4.73. The summed E-state index contributed by atoms with van der Waals surface area (Å²) in [6.07, 6.45) is 0. The van der Waals surface area contributed by atoms with Gasteiger partial charge < -0.3 is 4.74 Å². The van der Waals surface area contributed by atoms with Gasteiger partial charge in [0.2, 0.25) is 17.4 Å². The van der Waals surface area contributed by atoms with Crippen LogP contribution in [0.1, 0.15) is 0 Å². The molecule has 19 heavy (non-hydrogen) atoms. The summed E-state index contributed by atoms with van der Waals surface area (Å²) in [5, 5.41) is 0.121. The zero-order valence-electron chi connectivity index (χ0n) is 8.86. The number of nitrogens with zero attached hydrogens (tertiary/aromatic N) is 1. The van der Waals surface area contributed by atoms with Crippen molar-refractivity contribution >= 4 is 23.2 Å². The Morgan fingerprint density at radius 2 is 1.53 bits per heavy atom. The van der Waals surface area contributed by atoms with Gasteiger partial charge in [0, 0.05) is 11.1 Å². The molecule has 0 aliphatic heterocycles. The van der Waals surface area contributed by atoms with Crippen LogP contribution in [-0.2, 0) is 0 Å². The predicted octanol–water partition coefficient (Wildman–Crippen LogP) is 4.74. The summed E-state index contributed by atoms with van der Waals surface area (Å²) in [6.45, 7) is 0. The average molecular weight is 312 g/mol. The van der Waals surface area contributed by atoms with Crippen molar-refractivity contribution in [2.24, 2.45) is 0 Å². The molecule has 8 heteroatoms. The van der Waals surface area contributed by atoms with Crippen molar-refractivity contribution in [1.29, 1.82) is 0 Å². The molecule has 0 aliphatic carbocycles. The summed E-state index contributed by atoms with van der Waals surface area (Å²) in [4.78, 5) is 2.39. The number of hydrogen-bond acceptors (Lipinski definition) is 2. The van der Waals surface area contributed by atoms with E-state index < -0.39 is 29.3 Å². The Hall–Kier alpha value is -1.53. The summed E-state index contributed by atoms with van der Waals surface area (Å²) in [5.74, 6) is -8.73. The van der Waals surface area contributed by atoms with Crippen LogP contribution in [0.4, 0.5) is 17.6 Å². The Balaban J connectivity index is 2.52. The first-order valence-corrected chi connectivity index (χ1v) is 5.48. The largest absolute Gasteiger partial charge is 0.449 e. The molecule has 0 amide bonds. The van der Waals surface area contributed by atoms with E-state index in [-0.39, 0.29) is 15.8 Å². The second kappa shape index (κ2) is 5.22. The maximum absolute atomic E-state index is 13.3. The topological polar surface area (TPSA) is 22.1 Å². The van der Waals surface area contributed by atoms with Gasteiger partial charge in [-0.1, -0.05) is 23.2 Å². The van der Waals surface area contributed by atoms with Gasteiger partial charge >= 0.3 is 0 Å². The molecule has 0 fully saturated rings. The van der Waals surface area contributed by atoms with Gasteiger partial charge in [-0.3, -0.25) is 0 Å². The van der Waals surface area contributed by atoms with E-state index in [1.165, 1.54) is 12.1 Å². The van der Waals surface area contributed by atoms with Crippen molar-refractivity contribution in [3.05, 3.63) is 51.8 Å². The molecule has 0 radical (unpaired) electrons. The van der Waals surface area contributed by atoms with Crippen LogP contribution in [0, 0.1) is 23.5 Å². The zero-order valence-corrected chi connectivity index (χ0v) is 10.4. The second-order valence-electron chi connectivity index (χ2n) is 3.33. The molecule has 0 aliphatic rings. The smallest absolute Gasteiger partial charge is 0.255 e. The number of hydrogen-bond donors (Lipinski definition) is 0. The van der Waals surface area contributed by atoms with Gasteiger partial charge in [0.05, 0.1) is 5.02 Å². The van der Waals surface area contributed by atoms with E-state index in [0.29, 0.717) is 0 Å². The summed E-state index contributed by atoms with van der Waals surface area (Å²) in [7, 11) is 0. The molecule has 1 heterocycles. The Kier molecular flexibility index (Phi) is 3.82. The monoisotopic (exact) mass is 311 g/mol. The maximum Gasteiger partial charge on any atom is 0.255 e. The number of aromatic nitrogens is 1. The number of halogens is 6. The lowest BCUT2D eigenvalue weighted by Crippen LogP contribution is -2.03. The van der Waals surface area contributed by atoms with Gasteiger partial charge in [0.1, 0.15) is 5.75 Å². The third kappa shape index (κ3) is 2.74. The third-order valence-corrected chi connectivity index (χ3v) is 2.61. The van der Waals surface area contributed by atoms with Crippen LogP contribution in [-0.4, -0.2) is 4.98 Å². The molecule has 0 saturated heterocycles. The summed E-state index contributed by atoms with van der Waals surface area (Å²) in [5.41, 5.74) is 0. The molecular formula is C11H3Cl2F4NO. The first-order chi connectivity index (χ1) is 8.90. The van der Waals surface area contributed by atoms with Crippen LogP contribution in [0.3, 0.4) is 0 Å². The van der Waals surface area contributed by atoms with Crippen molar-refractivity contribution in [2.75, 3.05) is 0 Å². The van der Waals surface area contributed by atoms with Gasteiger partial charge in [-0.2, -0.15) is 22.5 Å². The molecule has 0 atom stereocenters. The fraction of sp³-hybridized carbons (Fsp3) is 0. The van der Waals surface area contributed by atoms with E-state index in [1.807, 2.05) is 0 Å². The van der Waals surface area contributed by atoms with E-state index in [0.717, 1.165) is 6.07 Å². The standard InChI is InChI=1S/C11H3Cl2F4NO/c12-4-1-2-5(13)6(3-4)19-9-7(14)10(16)18-11(17)8(9)15/h1-3H.